The van der Waals surface area contributed by atoms with Crippen molar-refractivity contribution in [1.82, 2.24) is 0 Å². The van der Waals surface area contributed by atoms with E-state index in [1.54, 1.807) is 0 Å². The first kappa shape index (κ1) is 14.1. The van der Waals surface area contributed by atoms with Crippen LogP contribution < -0.4 is 29.6 Å². The molecular weight excluding hydrogens is 186 g/mol. The molecule has 1 atom stereocenters. The summed E-state index contributed by atoms with van der Waals surface area (Å²) in [4.78, 5) is 26.0. The fourth-order valence-corrected chi connectivity index (χ4v) is 0.753. The molecule has 0 aliphatic heterocycles. The molecule has 0 heterocycles. The number of rotatable bonds is 3. The molecule has 3 N–H and O–H groups in total. The van der Waals surface area contributed by atoms with Crippen LogP contribution in [0.15, 0.2) is 0 Å². The molecule has 0 amide bonds. The summed E-state index contributed by atoms with van der Waals surface area (Å²) >= 11 is 0. The summed E-state index contributed by atoms with van der Waals surface area (Å²) in [5, 5.41) is 8.08. The molecule has 1 unspecified atom stereocenters. The molecule has 0 spiro atoms. The predicted molar refractivity (Wildman–Crippen MR) is 31.3 cm³/mol. The molecule has 0 fully saturated rings. The monoisotopic (exact) mass is 194 g/mol. The van der Waals surface area contributed by atoms with Crippen LogP contribution in [-0.2, 0) is 13.9 Å². The molecule has 0 saturated heterocycles. The molecule has 0 rings (SSSR count). The van der Waals surface area contributed by atoms with Gasteiger partial charge in [0, 0.05) is 0 Å². The fourth-order valence-electron chi connectivity index (χ4n) is 0.251. The largest absolute Gasteiger partial charge is 1.00 e. The van der Waals surface area contributed by atoms with Gasteiger partial charge in [-0.2, -0.15) is 0 Å². The van der Waals surface area contributed by atoms with Crippen molar-refractivity contribution in [3.8, 4) is 0 Å². The van der Waals surface area contributed by atoms with E-state index in [0.29, 0.717) is 0 Å². The van der Waals surface area contributed by atoms with Crippen LogP contribution in [0.4, 0.5) is 0 Å². The molecule has 0 aliphatic carbocycles. The van der Waals surface area contributed by atoms with Crippen molar-refractivity contribution in [3.05, 3.63) is 0 Å². The minimum Gasteiger partial charge on any atom is -1.00 e. The van der Waals surface area contributed by atoms with Gasteiger partial charge in [-0.3, -0.25) is 4.52 Å². The fraction of sp³-hybridized carbons (Fsp3) is 0.667. The van der Waals surface area contributed by atoms with E-state index in [-0.39, 0.29) is 31.0 Å². The number of hydrogen-bond donors (Lipinski definition) is 3. The third kappa shape index (κ3) is 8.49. The van der Waals surface area contributed by atoms with E-state index < -0.39 is 19.9 Å². The van der Waals surface area contributed by atoms with Gasteiger partial charge >= 0.3 is 43.3 Å². The number of carboxylic acids is 1. The second-order valence-corrected chi connectivity index (χ2v) is 2.77. The van der Waals surface area contributed by atoms with Gasteiger partial charge < -0.3 is 16.3 Å². The van der Waals surface area contributed by atoms with Crippen LogP contribution >= 0.6 is 7.82 Å². The van der Waals surface area contributed by atoms with E-state index in [1.807, 2.05) is 0 Å². The van der Waals surface area contributed by atoms with Crippen LogP contribution in [-0.4, -0.2) is 27.0 Å². The Morgan fingerprint density at radius 2 is 2.00 bits per heavy atom. The first-order valence-electron chi connectivity index (χ1n) is 2.29. The van der Waals surface area contributed by atoms with E-state index in [0.717, 1.165) is 6.92 Å². The third-order valence-electron chi connectivity index (χ3n) is 0.643. The zero-order chi connectivity index (χ0) is 8.36. The van der Waals surface area contributed by atoms with E-state index in [9.17, 15) is 9.36 Å². The molecule has 6 nitrogen and oxygen atoms in total. The smallest absolute Gasteiger partial charge is 1.00 e. The van der Waals surface area contributed by atoms with Crippen LogP contribution in [0.5, 0.6) is 0 Å². The van der Waals surface area contributed by atoms with Crippen LogP contribution in [0.25, 0.3) is 0 Å². The maximum Gasteiger partial charge on any atom is 1.00 e. The van der Waals surface area contributed by atoms with E-state index in [4.69, 9.17) is 14.9 Å². The topological polar surface area (TPSA) is 104 Å². The Labute approximate surface area is 86.6 Å². The Morgan fingerprint density at radius 1 is 1.64 bits per heavy atom. The minimum atomic E-state index is -4.66. The normalized spacial score (nSPS) is 13.4. The van der Waals surface area contributed by atoms with Crippen LogP contribution in [0.3, 0.4) is 0 Å². The Morgan fingerprint density at radius 3 is 2.09 bits per heavy atom. The predicted octanol–water partition coefficient (Wildman–Crippen LogP) is -3.31. The van der Waals surface area contributed by atoms with Gasteiger partial charge in [-0.25, -0.2) is 9.36 Å². The van der Waals surface area contributed by atoms with Crippen molar-refractivity contribution < 1.29 is 59.8 Å². The molecule has 62 valence electrons. The Kier molecular flexibility index (Phi) is 6.76. The van der Waals surface area contributed by atoms with Gasteiger partial charge in [-0.15, -0.1) is 0 Å². The van der Waals surface area contributed by atoms with E-state index >= 15 is 0 Å². The summed E-state index contributed by atoms with van der Waals surface area (Å²) in [6.45, 7) is 1.03. The zero-order valence-electron chi connectivity index (χ0n) is 7.09. The molecule has 0 radical (unpaired) electrons. The van der Waals surface area contributed by atoms with Gasteiger partial charge in [0.15, 0.2) is 6.10 Å². The van der Waals surface area contributed by atoms with Crippen LogP contribution in [0, 0.1) is 0 Å². The molecule has 0 saturated carbocycles. The van der Waals surface area contributed by atoms with Crippen molar-refractivity contribution >= 4 is 13.8 Å². The number of phosphoric ester groups is 1. The van der Waals surface area contributed by atoms with Crippen LogP contribution in [0.1, 0.15) is 8.35 Å². The van der Waals surface area contributed by atoms with Gasteiger partial charge in [0.1, 0.15) is 0 Å². The Bertz CT molecular complexity index is 180. The average molecular weight is 194 g/mol. The molecule has 11 heavy (non-hydrogen) atoms. The molecule has 8 heteroatoms. The maximum atomic E-state index is 9.96. The number of aliphatic carboxylic acids is 1. The Hall–Kier alpha value is 0.580. The van der Waals surface area contributed by atoms with Gasteiger partial charge in [-0.05, 0) is 6.92 Å². The standard InChI is InChI=1S/C3H7O6P.Na.H/c1-2(3(4)5)9-10(6,7)8;;/h2H,1H3,(H,4,5)(H2,6,7,8);;/q;+1;-1. The van der Waals surface area contributed by atoms with E-state index in [1.165, 1.54) is 0 Å². The van der Waals surface area contributed by atoms with Gasteiger partial charge in [0.25, 0.3) is 0 Å². The second-order valence-electron chi connectivity index (χ2n) is 1.58. The first-order chi connectivity index (χ1) is 4.33. The summed E-state index contributed by atoms with van der Waals surface area (Å²) in [6, 6.07) is 0. The maximum absolute atomic E-state index is 9.96. The number of hydrogen-bond acceptors (Lipinski definition) is 3. The van der Waals surface area contributed by atoms with Gasteiger partial charge in [0.05, 0.1) is 0 Å². The van der Waals surface area contributed by atoms with Crippen molar-refractivity contribution in [1.29, 1.82) is 0 Å². The molecule has 0 aromatic rings. The molecule has 0 aromatic heterocycles. The van der Waals surface area contributed by atoms with Gasteiger partial charge in [-0.1, -0.05) is 0 Å². The molecule has 0 aliphatic rings. The Balaban J connectivity index is -0.000000405. The van der Waals surface area contributed by atoms with Gasteiger partial charge in [0.2, 0.25) is 0 Å². The second kappa shape index (κ2) is 5.27. The summed E-state index contributed by atoms with van der Waals surface area (Å²) in [5.74, 6) is -1.41. The summed E-state index contributed by atoms with van der Waals surface area (Å²) in [5.41, 5.74) is 0. The number of carboxylic acid groups (broad SMARTS) is 1. The number of phosphoric acid groups is 1. The van der Waals surface area contributed by atoms with Crippen LogP contribution in [0.2, 0.25) is 0 Å². The van der Waals surface area contributed by atoms with Crippen molar-refractivity contribution in [2.45, 2.75) is 13.0 Å². The molecular formula is C3H8NaO6P. The third-order valence-corrected chi connectivity index (χ3v) is 1.23. The quantitative estimate of drug-likeness (QED) is 0.321. The van der Waals surface area contributed by atoms with Crippen molar-refractivity contribution in [2.24, 2.45) is 0 Å². The summed E-state index contributed by atoms with van der Waals surface area (Å²) < 4.78 is 13.7. The average Bonchev–Trinajstić information content (AvgIpc) is 1.60. The zero-order valence-corrected chi connectivity index (χ0v) is 8.99. The molecule has 0 aromatic carbocycles. The first-order valence-corrected chi connectivity index (χ1v) is 3.82. The summed E-state index contributed by atoms with van der Waals surface area (Å²) in [7, 11) is -4.66. The van der Waals surface area contributed by atoms with E-state index in [2.05, 4.69) is 4.52 Å². The SMILES string of the molecule is CC(OP(=O)(O)O)C(=O)O.[H-].[Na+]. The van der Waals surface area contributed by atoms with Crippen molar-refractivity contribution in [3.63, 3.8) is 0 Å². The summed E-state index contributed by atoms with van der Waals surface area (Å²) in [6.07, 6.45) is -1.49. The van der Waals surface area contributed by atoms with Crippen molar-refractivity contribution in [2.75, 3.05) is 0 Å². The molecule has 0 bridgehead atoms. The number of carbonyl (C=O) groups is 1. The minimum absolute atomic E-state index is 0.